The molecule has 2 amide bonds. The summed E-state index contributed by atoms with van der Waals surface area (Å²) in [6.45, 7) is 5.95. The molecular formula is C17H32IN5O2. The molecule has 144 valence electrons. The van der Waals surface area contributed by atoms with E-state index in [0.29, 0.717) is 25.4 Å². The van der Waals surface area contributed by atoms with Gasteiger partial charge in [0.25, 0.3) is 0 Å². The van der Waals surface area contributed by atoms with Crippen LogP contribution < -0.4 is 16.0 Å². The molecule has 2 aliphatic rings. The standard InChI is InChI=1S/C17H31N5O2.HI/c1-2-18-17(19-10-3-6-15(23)21-14-8-9-14)20-11-5-13-22-12-4-7-16(22)24;/h14H,2-13H2,1H3,(H,21,23)(H2,18,19,20);1H. The fraction of sp³-hybridized carbons (Fsp3) is 0.824. The molecule has 1 aliphatic heterocycles. The molecule has 0 spiro atoms. The fourth-order valence-electron chi connectivity index (χ4n) is 2.72. The molecule has 0 aromatic heterocycles. The van der Waals surface area contributed by atoms with E-state index >= 15 is 0 Å². The molecule has 2 fully saturated rings. The molecule has 0 atom stereocenters. The average molecular weight is 465 g/mol. The maximum absolute atomic E-state index is 11.6. The van der Waals surface area contributed by atoms with Crippen LogP contribution in [0.15, 0.2) is 4.99 Å². The van der Waals surface area contributed by atoms with Crippen molar-refractivity contribution >= 4 is 41.8 Å². The Morgan fingerprint density at radius 2 is 2.08 bits per heavy atom. The molecule has 0 aromatic rings. The van der Waals surface area contributed by atoms with Crippen molar-refractivity contribution in [2.24, 2.45) is 4.99 Å². The number of guanidine groups is 1. The van der Waals surface area contributed by atoms with E-state index in [1.54, 1.807) is 0 Å². The van der Waals surface area contributed by atoms with Crippen LogP contribution in [0.25, 0.3) is 0 Å². The SMILES string of the molecule is CCNC(=NCCCN1CCCC1=O)NCCCC(=O)NC1CC1.I. The van der Waals surface area contributed by atoms with Crippen LogP contribution in [0.2, 0.25) is 0 Å². The number of nitrogens with zero attached hydrogens (tertiary/aromatic N) is 2. The Morgan fingerprint density at radius 1 is 1.28 bits per heavy atom. The normalized spacial score (nSPS) is 17.2. The van der Waals surface area contributed by atoms with Gasteiger partial charge >= 0.3 is 0 Å². The lowest BCUT2D eigenvalue weighted by Gasteiger charge is -2.15. The minimum atomic E-state index is 0. The molecule has 8 heteroatoms. The first-order chi connectivity index (χ1) is 11.7. The van der Waals surface area contributed by atoms with Crippen molar-refractivity contribution in [2.75, 3.05) is 32.7 Å². The molecule has 0 bridgehead atoms. The quantitative estimate of drug-likeness (QED) is 0.196. The van der Waals surface area contributed by atoms with Crippen LogP contribution in [0.3, 0.4) is 0 Å². The van der Waals surface area contributed by atoms with Gasteiger partial charge in [-0.05, 0) is 39.0 Å². The molecule has 25 heavy (non-hydrogen) atoms. The summed E-state index contributed by atoms with van der Waals surface area (Å²) in [6.07, 6.45) is 6.17. The van der Waals surface area contributed by atoms with Crippen LogP contribution in [-0.2, 0) is 9.59 Å². The van der Waals surface area contributed by atoms with E-state index in [0.717, 1.165) is 64.2 Å². The van der Waals surface area contributed by atoms with Crippen LogP contribution in [0, 0.1) is 0 Å². The van der Waals surface area contributed by atoms with E-state index in [1.807, 2.05) is 11.8 Å². The van der Waals surface area contributed by atoms with Gasteiger partial charge in [0.2, 0.25) is 11.8 Å². The molecule has 1 aliphatic carbocycles. The lowest BCUT2D eigenvalue weighted by Crippen LogP contribution is -2.38. The number of carbonyl (C=O) groups is 2. The van der Waals surface area contributed by atoms with Gasteiger partial charge in [0.1, 0.15) is 0 Å². The molecule has 0 radical (unpaired) electrons. The number of hydrogen-bond acceptors (Lipinski definition) is 3. The number of carbonyl (C=O) groups excluding carboxylic acids is 2. The summed E-state index contributed by atoms with van der Waals surface area (Å²) >= 11 is 0. The highest BCUT2D eigenvalue weighted by Gasteiger charge is 2.22. The number of hydrogen-bond donors (Lipinski definition) is 3. The second kappa shape index (κ2) is 12.3. The molecule has 0 aromatic carbocycles. The van der Waals surface area contributed by atoms with Gasteiger partial charge < -0.3 is 20.9 Å². The number of amides is 2. The maximum Gasteiger partial charge on any atom is 0.222 e. The summed E-state index contributed by atoms with van der Waals surface area (Å²) in [7, 11) is 0. The zero-order valence-electron chi connectivity index (χ0n) is 15.2. The molecule has 7 nitrogen and oxygen atoms in total. The lowest BCUT2D eigenvalue weighted by atomic mass is 10.3. The van der Waals surface area contributed by atoms with Gasteiger partial charge in [-0.25, -0.2) is 0 Å². The lowest BCUT2D eigenvalue weighted by molar-refractivity contribution is -0.127. The van der Waals surface area contributed by atoms with Crippen molar-refractivity contribution in [1.29, 1.82) is 0 Å². The summed E-state index contributed by atoms with van der Waals surface area (Å²) in [5.41, 5.74) is 0. The second-order valence-electron chi connectivity index (χ2n) is 6.47. The highest BCUT2D eigenvalue weighted by Crippen LogP contribution is 2.18. The van der Waals surface area contributed by atoms with Gasteiger partial charge in [0.05, 0.1) is 0 Å². The summed E-state index contributed by atoms with van der Waals surface area (Å²) < 4.78 is 0. The number of nitrogens with one attached hydrogen (secondary N) is 3. The van der Waals surface area contributed by atoms with Gasteiger partial charge in [-0.15, -0.1) is 24.0 Å². The molecule has 1 saturated carbocycles. The van der Waals surface area contributed by atoms with E-state index in [2.05, 4.69) is 20.9 Å². The van der Waals surface area contributed by atoms with Crippen molar-refractivity contribution in [3.05, 3.63) is 0 Å². The van der Waals surface area contributed by atoms with E-state index in [9.17, 15) is 9.59 Å². The Balaban J connectivity index is 0.00000312. The second-order valence-corrected chi connectivity index (χ2v) is 6.47. The van der Waals surface area contributed by atoms with E-state index < -0.39 is 0 Å². The first kappa shape index (κ1) is 22.0. The molecule has 0 unspecified atom stereocenters. The van der Waals surface area contributed by atoms with Crippen LogP contribution in [0.4, 0.5) is 0 Å². The zero-order chi connectivity index (χ0) is 17.2. The number of rotatable bonds is 10. The Labute approximate surface area is 167 Å². The maximum atomic E-state index is 11.6. The van der Waals surface area contributed by atoms with Crippen molar-refractivity contribution in [3.63, 3.8) is 0 Å². The number of halogens is 1. The average Bonchev–Trinajstić information content (AvgIpc) is 3.28. The summed E-state index contributed by atoms with van der Waals surface area (Å²) in [4.78, 5) is 29.6. The van der Waals surface area contributed by atoms with Crippen molar-refractivity contribution in [2.45, 2.75) is 57.9 Å². The first-order valence-corrected chi connectivity index (χ1v) is 9.28. The van der Waals surface area contributed by atoms with Gasteiger partial charge in [0.15, 0.2) is 5.96 Å². The molecule has 2 rings (SSSR count). The smallest absolute Gasteiger partial charge is 0.222 e. The molecule has 3 N–H and O–H groups in total. The van der Waals surface area contributed by atoms with Crippen molar-refractivity contribution in [1.82, 2.24) is 20.9 Å². The summed E-state index contributed by atoms with van der Waals surface area (Å²) in [6, 6.07) is 0.437. The number of likely N-dealkylation sites (tertiary alicyclic amines) is 1. The topological polar surface area (TPSA) is 85.8 Å². The Kier molecular flexibility index (Phi) is 10.8. The highest BCUT2D eigenvalue weighted by atomic mass is 127. The van der Waals surface area contributed by atoms with Crippen LogP contribution >= 0.6 is 24.0 Å². The van der Waals surface area contributed by atoms with Gasteiger partial charge in [-0.1, -0.05) is 0 Å². The zero-order valence-corrected chi connectivity index (χ0v) is 17.5. The molecular weight excluding hydrogens is 433 g/mol. The van der Waals surface area contributed by atoms with Gasteiger partial charge in [-0.2, -0.15) is 0 Å². The monoisotopic (exact) mass is 465 g/mol. The van der Waals surface area contributed by atoms with E-state index in [-0.39, 0.29) is 35.8 Å². The summed E-state index contributed by atoms with van der Waals surface area (Å²) in [5.74, 6) is 1.21. The minimum Gasteiger partial charge on any atom is -0.357 e. The van der Waals surface area contributed by atoms with Crippen LogP contribution in [0.5, 0.6) is 0 Å². The number of aliphatic imine (C=N–C) groups is 1. The predicted octanol–water partition coefficient (Wildman–Crippen LogP) is 1.23. The minimum absolute atomic E-state index is 0. The van der Waals surface area contributed by atoms with Crippen molar-refractivity contribution < 1.29 is 9.59 Å². The third kappa shape index (κ3) is 9.27. The Hall–Kier alpha value is -1.06. The third-order valence-corrected chi connectivity index (χ3v) is 4.19. The Morgan fingerprint density at radius 3 is 2.72 bits per heavy atom. The first-order valence-electron chi connectivity index (χ1n) is 9.28. The molecule has 1 heterocycles. The predicted molar refractivity (Wildman–Crippen MR) is 110 cm³/mol. The third-order valence-electron chi connectivity index (χ3n) is 4.19. The largest absolute Gasteiger partial charge is 0.357 e. The highest BCUT2D eigenvalue weighted by molar-refractivity contribution is 14.0. The van der Waals surface area contributed by atoms with Gasteiger partial charge in [0, 0.05) is 51.6 Å². The van der Waals surface area contributed by atoms with E-state index in [4.69, 9.17) is 0 Å². The van der Waals surface area contributed by atoms with E-state index in [1.165, 1.54) is 0 Å². The fourth-order valence-corrected chi connectivity index (χ4v) is 2.72. The van der Waals surface area contributed by atoms with Crippen molar-refractivity contribution in [3.8, 4) is 0 Å². The summed E-state index contributed by atoms with van der Waals surface area (Å²) in [5, 5.41) is 9.46. The van der Waals surface area contributed by atoms with Gasteiger partial charge in [-0.3, -0.25) is 14.6 Å². The molecule has 1 saturated heterocycles. The van der Waals surface area contributed by atoms with Crippen LogP contribution in [0.1, 0.15) is 51.9 Å². The van der Waals surface area contributed by atoms with Crippen LogP contribution in [-0.4, -0.2) is 61.4 Å². The Bertz CT molecular complexity index is 454.